The van der Waals surface area contributed by atoms with Crippen molar-refractivity contribution in [3.63, 3.8) is 0 Å². The van der Waals surface area contributed by atoms with Gasteiger partial charge in [0.2, 0.25) is 0 Å². The molecule has 0 fully saturated rings. The Hall–Kier alpha value is -10.3. The van der Waals surface area contributed by atoms with E-state index >= 15 is 0 Å². The van der Waals surface area contributed by atoms with E-state index in [4.69, 9.17) is 0 Å². The standard InChI is InChI=1S/C86H72N2/c1-55-36-38-69(82-57(3)24-22-25-58(82)4)52-76(55)87(78-50-65(61-28-14-10-15-29-61)40-44-72(78)63-32-18-12-19-33-63)80-54-81(75-47-43-68-49-71(86(7,8)9)48-67-42-46-74(80)85(75)84(67)68)88(77-53-70(39-37-56(77)2)83-59(5)26-23-27-60(83)6)79-51-66(62-30-16-11-17-31-62)41-45-73(79)64-34-20-13-21-35-64/h10-54H,1-9H3. The van der Waals surface area contributed by atoms with Crippen molar-refractivity contribution >= 4 is 66.4 Å². The molecule has 0 heterocycles. The molecule has 0 aromatic heterocycles. The molecule has 0 saturated heterocycles. The largest absolute Gasteiger partial charge is 0.309 e. The lowest BCUT2D eigenvalue weighted by atomic mass is 9.83. The quantitative estimate of drug-likeness (QED) is 0.113. The summed E-state index contributed by atoms with van der Waals surface area (Å²) in [5.74, 6) is 0. The molecule has 0 aliphatic heterocycles. The predicted molar refractivity (Wildman–Crippen MR) is 379 cm³/mol. The highest BCUT2D eigenvalue weighted by Gasteiger charge is 2.30. The zero-order valence-corrected chi connectivity index (χ0v) is 51.9. The van der Waals surface area contributed by atoms with E-state index in [0.717, 1.165) is 89.8 Å². The summed E-state index contributed by atoms with van der Waals surface area (Å²) in [7, 11) is 0. The fraction of sp³-hybridized carbons (Fsp3) is 0.116. The molecule has 0 bridgehead atoms. The van der Waals surface area contributed by atoms with Crippen LogP contribution < -0.4 is 9.80 Å². The average molecular weight is 1130 g/mol. The third-order valence-corrected chi connectivity index (χ3v) is 18.3. The van der Waals surface area contributed by atoms with Crippen LogP contribution in [0.3, 0.4) is 0 Å². The van der Waals surface area contributed by atoms with Crippen molar-refractivity contribution < 1.29 is 0 Å². The van der Waals surface area contributed by atoms with E-state index in [1.165, 1.54) is 82.4 Å². The number of aryl methyl sites for hydroxylation is 6. The van der Waals surface area contributed by atoms with Gasteiger partial charge in [0, 0.05) is 38.7 Å². The molecule has 0 aliphatic carbocycles. The van der Waals surface area contributed by atoms with Gasteiger partial charge in [-0.15, -0.1) is 0 Å². The van der Waals surface area contributed by atoms with Crippen molar-refractivity contribution in [3.05, 3.63) is 312 Å². The average Bonchev–Trinajstić information content (AvgIpc) is 0.764. The molecule has 0 spiro atoms. The maximum atomic E-state index is 2.63. The highest BCUT2D eigenvalue weighted by atomic mass is 15.2. The molecule has 88 heavy (non-hydrogen) atoms. The lowest BCUT2D eigenvalue weighted by Gasteiger charge is -2.35. The summed E-state index contributed by atoms with van der Waals surface area (Å²) in [5, 5.41) is 7.29. The summed E-state index contributed by atoms with van der Waals surface area (Å²) in [6.45, 7) is 20.6. The van der Waals surface area contributed by atoms with Gasteiger partial charge in [0.1, 0.15) is 0 Å². The van der Waals surface area contributed by atoms with Gasteiger partial charge in [-0.25, -0.2) is 0 Å². The fourth-order valence-corrected chi connectivity index (χ4v) is 13.8. The highest BCUT2D eigenvalue weighted by Crippen LogP contribution is 2.55. The van der Waals surface area contributed by atoms with Crippen LogP contribution >= 0.6 is 0 Å². The summed E-state index contributed by atoms with van der Waals surface area (Å²) < 4.78 is 0. The molecule has 0 amide bonds. The molecule has 0 N–H and O–H groups in total. The molecule has 2 nitrogen and oxygen atoms in total. The van der Waals surface area contributed by atoms with E-state index in [1.54, 1.807) is 0 Å². The van der Waals surface area contributed by atoms with Crippen LogP contribution in [0.4, 0.5) is 34.1 Å². The number of benzene rings is 14. The second-order valence-electron chi connectivity index (χ2n) is 25.2. The van der Waals surface area contributed by atoms with Crippen LogP contribution in [-0.4, -0.2) is 0 Å². The maximum Gasteiger partial charge on any atom is 0.0561 e. The number of rotatable bonds is 12. The minimum absolute atomic E-state index is 0.0698. The molecule has 0 atom stereocenters. The van der Waals surface area contributed by atoms with Crippen LogP contribution in [0.15, 0.2) is 273 Å². The van der Waals surface area contributed by atoms with Crippen LogP contribution in [0.5, 0.6) is 0 Å². The Morgan fingerprint density at radius 1 is 0.239 bits per heavy atom. The summed E-state index contributed by atoms with van der Waals surface area (Å²) in [5.41, 5.74) is 29.1. The Balaban J connectivity index is 1.19. The summed E-state index contributed by atoms with van der Waals surface area (Å²) in [6.07, 6.45) is 0. The van der Waals surface area contributed by atoms with Crippen molar-refractivity contribution in [1.29, 1.82) is 0 Å². The summed E-state index contributed by atoms with van der Waals surface area (Å²) in [6, 6.07) is 103. The first-order valence-electron chi connectivity index (χ1n) is 31.0. The van der Waals surface area contributed by atoms with Gasteiger partial charge in [0.15, 0.2) is 0 Å². The summed E-state index contributed by atoms with van der Waals surface area (Å²) in [4.78, 5) is 5.27. The van der Waals surface area contributed by atoms with Crippen LogP contribution in [0.1, 0.15) is 59.7 Å². The van der Waals surface area contributed by atoms with E-state index < -0.39 is 0 Å². The Labute approximate surface area is 519 Å². The first kappa shape index (κ1) is 55.6. The van der Waals surface area contributed by atoms with Gasteiger partial charge >= 0.3 is 0 Å². The van der Waals surface area contributed by atoms with Crippen LogP contribution in [-0.2, 0) is 5.41 Å². The first-order chi connectivity index (χ1) is 42.8. The molecule has 0 unspecified atom stereocenters. The molecule has 0 aliphatic rings. The summed E-state index contributed by atoms with van der Waals surface area (Å²) >= 11 is 0. The molecular formula is C86H72N2. The van der Waals surface area contributed by atoms with Gasteiger partial charge in [0.25, 0.3) is 0 Å². The predicted octanol–water partition coefficient (Wildman–Crippen LogP) is 24.7. The third kappa shape index (κ3) is 9.99. The second-order valence-corrected chi connectivity index (χ2v) is 25.2. The fourth-order valence-electron chi connectivity index (χ4n) is 13.8. The molecule has 426 valence electrons. The van der Waals surface area contributed by atoms with E-state index in [2.05, 4.69) is 345 Å². The Morgan fingerprint density at radius 2 is 0.591 bits per heavy atom. The van der Waals surface area contributed by atoms with Crippen LogP contribution in [0, 0.1) is 41.5 Å². The third-order valence-electron chi connectivity index (χ3n) is 18.3. The Morgan fingerprint density at radius 3 is 0.966 bits per heavy atom. The van der Waals surface area contributed by atoms with Gasteiger partial charge in [-0.2, -0.15) is 0 Å². The van der Waals surface area contributed by atoms with Gasteiger partial charge in [0.05, 0.1) is 22.7 Å². The van der Waals surface area contributed by atoms with E-state index in [-0.39, 0.29) is 5.41 Å². The van der Waals surface area contributed by atoms with Crippen molar-refractivity contribution in [2.24, 2.45) is 0 Å². The molecule has 14 aromatic carbocycles. The minimum atomic E-state index is -0.0698. The molecule has 14 aromatic rings. The van der Waals surface area contributed by atoms with Crippen molar-refractivity contribution in [2.45, 2.75) is 67.7 Å². The van der Waals surface area contributed by atoms with Gasteiger partial charge in [-0.1, -0.05) is 263 Å². The lowest BCUT2D eigenvalue weighted by molar-refractivity contribution is 0.591. The van der Waals surface area contributed by atoms with E-state index in [1.807, 2.05) is 0 Å². The van der Waals surface area contributed by atoms with Gasteiger partial charge < -0.3 is 9.80 Å². The number of hydrogen-bond donors (Lipinski definition) is 0. The lowest BCUT2D eigenvalue weighted by Crippen LogP contribution is -2.17. The smallest absolute Gasteiger partial charge is 0.0561 e. The van der Waals surface area contributed by atoms with E-state index in [9.17, 15) is 0 Å². The minimum Gasteiger partial charge on any atom is -0.309 e. The van der Waals surface area contributed by atoms with Crippen molar-refractivity contribution in [1.82, 2.24) is 0 Å². The van der Waals surface area contributed by atoms with Gasteiger partial charge in [-0.3, -0.25) is 0 Å². The Bertz CT molecular complexity index is 4600. The maximum absolute atomic E-state index is 2.63. The van der Waals surface area contributed by atoms with E-state index in [0.29, 0.717) is 0 Å². The Kier molecular flexibility index (Phi) is 14.2. The second kappa shape index (κ2) is 22.5. The first-order valence-corrected chi connectivity index (χ1v) is 31.0. The highest BCUT2D eigenvalue weighted by molar-refractivity contribution is 6.29. The van der Waals surface area contributed by atoms with Crippen molar-refractivity contribution in [2.75, 3.05) is 9.80 Å². The topological polar surface area (TPSA) is 6.48 Å². The zero-order valence-electron chi connectivity index (χ0n) is 51.9. The number of anilines is 6. The number of hydrogen-bond acceptors (Lipinski definition) is 2. The zero-order chi connectivity index (χ0) is 60.4. The SMILES string of the molecule is Cc1ccc(-c2c(C)cccc2C)cc1N(c1cc(-c2ccccc2)ccc1-c1ccccc1)c1cc(N(c2cc(-c3c(C)cccc3C)ccc2C)c2cc(-c3ccccc3)ccc2-c2ccccc2)c2ccc3cc(C(C)(C)C)cc4ccc1c2c43. The molecular weight excluding hydrogens is 1060 g/mol. The monoisotopic (exact) mass is 1130 g/mol. The van der Waals surface area contributed by atoms with Crippen LogP contribution in [0.25, 0.3) is 99.1 Å². The van der Waals surface area contributed by atoms with Crippen molar-refractivity contribution in [3.8, 4) is 66.8 Å². The van der Waals surface area contributed by atoms with Gasteiger partial charge in [-0.05, 0) is 188 Å². The molecule has 0 radical (unpaired) electrons. The number of nitrogens with zero attached hydrogens (tertiary/aromatic N) is 2. The normalized spacial score (nSPS) is 11.7. The molecule has 0 saturated carbocycles. The molecule has 14 rings (SSSR count). The molecule has 2 heteroatoms. The van der Waals surface area contributed by atoms with Crippen LogP contribution in [0.2, 0.25) is 0 Å².